The highest BCUT2D eigenvalue weighted by Gasteiger charge is 2.36. The summed E-state index contributed by atoms with van der Waals surface area (Å²) in [6.07, 6.45) is 3.34. The van der Waals surface area contributed by atoms with E-state index in [4.69, 9.17) is 0 Å². The van der Waals surface area contributed by atoms with Crippen molar-refractivity contribution in [3.8, 4) is 0 Å². The summed E-state index contributed by atoms with van der Waals surface area (Å²) in [5, 5.41) is 11.0. The summed E-state index contributed by atoms with van der Waals surface area (Å²) in [4.78, 5) is 15.2. The number of aryl methyl sites for hydroxylation is 1. The SMILES string of the molecule is O=C1c2cc(Br)ccc2CCC1CN1CCC(O)(c2ccccc2)CC1. The number of hydrogen-bond donors (Lipinski definition) is 1. The predicted molar refractivity (Wildman–Crippen MR) is 106 cm³/mol. The van der Waals surface area contributed by atoms with E-state index in [2.05, 4.69) is 26.9 Å². The summed E-state index contributed by atoms with van der Waals surface area (Å²) >= 11 is 3.48. The maximum Gasteiger partial charge on any atom is 0.167 e. The van der Waals surface area contributed by atoms with Crippen LogP contribution in [0.2, 0.25) is 0 Å². The van der Waals surface area contributed by atoms with Crippen molar-refractivity contribution in [2.45, 2.75) is 31.3 Å². The molecule has 2 aromatic carbocycles. The number of likely N-dealkylation sites (tertiary alicyclic amines) is 1. The van der Waals surface area contributed by atoms with Gasteiger partial charge in [0.2, 0.25) is 0 Å². The van der Waals surface area contributed by atoms with Crippen molar-refractivity contribution in [2.75, 3.05) is 19.6 Å². The molecule has 1 unspecified atom stereocenters. The van der Waals surface area contributed by atoms with Gasteiger partial charge >= 0.3 is 0 Å². The van der Waals surface area contributed by atoms with Crippen LogP contribution >= 0.6 is 15.9 Å². The molecule has 1 aliphatic heterocycles. The highest BCUT2D eigenvalue weighted by Crippen LogP contribution is 2.34. The number of aliphatic hydroxyl groups is 1. The van der Waals surface area contributed by atoms with Gasteiger partial charge in [0.15, 0.2) is 5.78 Å². The first-order chi connectivity index (χ1) is 12.5. The Kier molecular flexibility index (Phi) is 5.00. The van der Waals surface area contributed by atoms with Crippen LogP contribution in [0.3, 0.4) is 0 Å². The third-order valence-electron chi connectivity index (χ3n) is 5.94. The van der Waals surface area contributed by atoms with Gasteiger partial charge in [-0.25, -0.2) is 0 Å². The van der Waals surface area contributed by atoms with E-state index >= 15 is 0 Å². The largest absolute Gasteiger partial charge is 0.385 e. The number of hydrogen-bond acceptors (Lipinski definition) is 3. The van der Waals surface area contributed by atoms with Crippen molar-refractivity contribution in [3.05, 3.63) is 69.7 Å². The van der Waals surface area contributed by atoms with Crippen molar-refractivity contribution in [1.82, 2.24) is 4.90 Å². The zero-order valence-corrected chi connectivity index (χ0v) is 16.4. The summed E-state index contributed by atoms with van der Waals surface area (Å²) in [6, 6.07) is 16.0. The highest BCUT2D eigenvalue weighted by atomic mass is 79.9. The van der Waals surface area contributed by atoms with Gasteiger partial charge in [-0.1, -0.05) is 52.3 Å². The molecular formula is C22H24BrNO2. The lowest BCUT2D eigenvalue weighted by atomic mass is 9.81. The topological polar surface area (TPSA) is 40.5 Å². The monoisotopic (exact) mass is 413 g/mol. The first-order valence-electron chi connectivity index (χ1n) is 9.38. The fourth-order valence-corrected chi connectivity index (χ4v) is 4.67. The number of piperidine rings is 1. The molecule has 0 amide bonds. The second kappa shape index (κ2) is 7.26. The molecule has 4 rings (SSSR count). The molecule has 2 aromatic rings. The standard InChI is InChI=1S/C22H24BrNO2/c23-19-9-8-16-6-7-17(21(25)20(16)14-19)15-24-12-10-22(26,11-13-24)18-4-2-1-3-5-18/h1-5,8-9,14,17,26H,6-7,10-13,15H2. The third-order valence-corrected chi connectivity index (χ3v) is 6.44. The van der Waals surface area contributed by atoms with Gasteiger partial charge in [0.25, 0.3) is 0 Å². The van der Waals surface area contributed by atoms with Crippen LogP contribution in [0.1, 0.15) is 40.7 Å². The lowest BCUT2D eigenvalue weighted by Crippen LogP contribution is -2.45. The number of rotatable bonds is 3. The second-order valence-corrected chi connectivity index (χ2v) is 8.52. The number of nitrogens with zero attached hydrogens (tertiary/aromatic N) is 1. The number of ketones is 1. The van der Waals surface area contributed by atoms with Gasteiger partial charge < -0.3 is 10.0 Å². The number of carbonyl (C=O) groups excluding carboxylic acids is 1. The van der Waals surface area contributed by atoms with Gasteiger partial charge in [-0.05, 0) is 48.9 Å². The van der Waals surface area contributed by atoms with Gasteiger partial charge in [0.05, 0.1) is 5.60 Å². The number of benzene rings is 2. The molecule has 1 N–H and O–H groups in total. The van der Waals surface area contributed by atoms with Gasteiger partial charge in [-0.15, -0.1) is 0 Å². The molecule has 1 atom stereocenters. The maximum atomic E-state index is 12.9. The Hall–Kier alpha value is -1.49. The van der Waals surface area contributed by atoms with Crippen molar-refractivity contribution < 1.29 is 9.90 Å². The van der Waals surface area contributed by atoms with Gasteiger partial charge in [0.1, 0.15) is 0 Å². The molecule has 26 heavy (non-hydrogen) atoms. The Morgan fingerprint density at radius 1 is 1.12 bits per heavy atom. The van der Waals surface area contributed by atoms with Crippen LogP contribution in [0.5, 0.6) is 0 Å². The molecule has 136 valence electrons. The normalized spacial score (nSPS) is 22.8. The van der Waals surface area contributed by atoms with E-state index in [9.17, 15) is 9.90 Å². The number of carbonyl (C=O) groups is 1. The molecule has 1 aliphatic carbocycles. The van der Waals surface area contributed by atoms with Crippen molar-refractivity contribution in [3.63, 3.8) is 0 Å². The number of Topliss-reactive ketones (excluding diaryl/α,β-unsaturated/α-hetero) is 1. The third kappa shape index (κ3) is 3.51. The lowest BCUT2D eigenvalue weighted by Gasteiger charge is -2.40. The van der Waals surface area contributed by atoms with Crippen LogP contribution in [-0.2, 0) is 12.0 Å². The molecule has 0 spiro atoms. The van der Waals surface area contributed by atoms with Crippen LogP contribution in [0.25, 0.3) is 0 Å². The average molecular weight is 414 g/mol. The van der Waals surface area contributed by atoms with E-state index in [-0.39, 0.29) is 11.7 Å². The summed E-state index contributed by atoms with van der Waals surface area (Å²) < 4.78 is 0.969. The highest BCUT2D eigenvalue weighted by molar-refractivity contribution is 9.10. The minimum Gasteiger partial charge on any atom is -0.385 e. The average Bonchev–Trinajstić information content (AvgIpc) is 2.67. The Morgan fingerprint density at radius 3 is 2.58 bits per heavy atom. The van der Waals surface area contributed by atoms with Gasteiger partial charge in [0, 0.05) is 35.6 Å². The second-order valence-electron chi connectivity index (χ2n) is 7.60. The van der Waals surface area contributed by atoms with Crippen molar-refractivity contribution >= 4 is 21.7 Å². The molecule has 1 saturated heterocycles. The molecular weight excluding hydrogens is 390 g/mol. The molecule has 0 aromatic heterocycles. The van der Waals surface area contributed by atoms with E-state index < -0.39 is 5.60 Å². The first-order valence-corrected chi connectivity index (χ1v) is 10.2. The molecule has 0 bridgehead atoms. The van der Waals surface area contributed by atoms with Crippen molar-refractivity contribution in [2.24, 2.45) is 5.92 Å². The summed E-state index contributed by atoms with van der Waals surface area (Å²) in [7, 11) is 0. The van der Waals surface area contributed by atoms with Gasteiger partial charge in [-0.2, -0.15) is 0 Å². The Labute approximate surface area is 163 Å². The van der Waals surface area contributed by atoms with Crippen LogP contribution in [0.15, 0.2) is 53.0 Å². The minimum atomic E-state index is -0.730. The van der Waals surface area contributed by atoms with Crippen LogP contribution in [-0.4, -0.2) is 35.4 Å². The van der Waals surface area contributed by atoms with Gasteiger partial charge in [-0.3, -0.25) is 4.79 Å². The molecule has 0 radical (unpaired) electrons. The maximum absolute atomic E-state index is 12.9. The zero-order valence-electron chi connectivity index (χ0n) is 14.8. The smallest absolute Gasteiger partial charge is 0.167 e. The lowest BCUT2D eigenvalue weighted by molar-refractivity contribution is -0.0283. The van der Waals surface area contributed by atoms with E-state index in [1.54, 1.807) is 0 Å². The first kappa shape index (κ1) is 17.9. The molecule has 2 aliphatic rings. The number of fused-ring (bicyclic) bond motifs is 1. The van der Waals surface area contributed by atoms with E-state index in [0.29, 0.717) is 0 Å². The minimum absolute atomic E-state index is 0.0692. The molecule has 1 heterocycles. The summed E-state index contributed by atoms with van der Waals surface area (Å²) in [5.74, 6) is 0.344. The van der Waals surface area contributed by atoms with Crippen LogP contribution < -0.4 is 0 Å². The quantitative estimate of drug-likeness (QED) is 0.820. The molecule has 1 fully saturated rings. The van der Waals surface area contributed by atoms with Crippen LogP contribution in [0.4, 0.5) is 0 Å². The Morgan fingerprint density at radius 2 is 1.85 bits per heavy atom. The van der Waals surface area contributed by atoms with E-state index in [1.165, 1.54) is 5.56 Å². The van der Waals surface area contributed by atoms with Crippen LogP contribution in [0, 0.1) is 5.92 Å². The summed E-state index contributed by atoms with van der Waals surface area (Å²) in [5.41, 5.74) is 2.33. The van der Waals surface area contributed by atoms with Crippen molar-refractivity contribution in [1.29, 1.82) is 0 Å². The molecule has 4 heteroatoms. The predicted octanol–water partition coefficient (Wildman–Crippen LogP) is 4.18. The Balaban J connectivity index is 1.40. The van der Waals surface area contributed by atoms with E-state index in [0.717, 1.165) is 60.9 Å². The Bertz CT molecular complexity index is 797. The summed E-state index contributed by atoms with van der Waals surface area (Å²) in [6.45, 7) is 2.47. The van der Waals surface area contributed by atoms with E-state index in [1.807, 2.05) is 42.5 Å². The molecule has 0 saturated carbocycles. The molecule has 3 nitrogen and oxygen atoms in total. The number of halogens is 1. The fraction of sp³-hybridized carbons (Fsp3) is 0.409. The fourth-order valence-electron chi connectivity index (χ4n) is 4.31. The zero-order chi connectivity index (χ0) is 18.1.